The van der Waals surface area contributed by atoms with E-state index >= 15 is 8.78 Å². The molecule has 3 aliphatic carbocycles. The van der Waals surface area contributed by atoms with Crippen molar-refractivity contribution in [3.05, 3.63) is 114 Å². The summed E-state index contributed by atoms with van der Waals surface area (Å²) in [5.74, 6) is -1.84. The van der Waals surface area contributed by atoms with Crippen LogP contribution in [0.3, 0.4) is 0 Å². The average molecular weight is 482 g/mol. The summed E-state index contributed by atoms with van der Waals surface area (Å²) in [6.07, 6.45) is 1.68. The van der Waals surface area contributed by atoms with E-state index in [1.165, 1.54) is 12.1 Å². The zero-order valence-corrected chi connectivity index (χ0v) is 18.7. The highest BCUT2D eigenvalue weighted by atomic mass is 35.5. The van der Waals surface area contributed by atoms with Gasteiger partial charge in [0.15, 0.2) is 0 Å². The predicted molar refractivity (Wildman–Crippen MR) is 119 cm³/mol. The third-order valence-corrected chi connectivity index (χ3v) is 8.34. The van der Waals surface area contributed by atoms with Gasteiger partial charge in [-0.1, -0.05) is 83.7 Å². The largest absolute Gasteiger partial charge is 0.207 e. The van der Waals surface area contributed by atoms with Crippen LogP contribution in [0.5, 0.6) is 0 Å². The first kappa shape index (κ1) is 20.3. The van der Waals surface area contributed by atoms with E-state index < -0.39 is 28.9 Å². The molecular weight excluding hydrogens is 468 g/mol. The van der Waals surface area contributed by atoms with E-state index in [-0.39, 0.29) is 20.1 Å². The molecular formula is C24H14Cl4F2. The summed E-state index contributed by atoms with van der Waals surface area (Å²) in [6.45, 7) is 5.80. The van der Waals surface area contributed by atoms with E-state index in [1.54, 1.807) is 18.2 Å². The molecule has 6 rings (SSSR count). The third kappa shape index (κ3) is 2.18. The molecule has 0 unspecified atom stereocenters. The first-order valence-corrected chi connectivity index (χ1v) is 10.9. The third-order valence-electron chi connectivity index (χ3n) is 6.53. The molecule has 1 atom stereocenters. The van der Waals surface area contributed by atoms with E-state index in [0.717, 1.165) is 0 Å². The summed E-state index contributed by atoms with van der Waals surface area (Å²) in [5, 5.41) is 0.604. The summed E-state index contributed by atoms with van der Waals surface area (Å²) in [5.41, 5.74) is 2.03. The highest BCUT2D eigenvalue weighted by Crippen LogP contribution is 2.66. The van der Waals surface area contributed by atoms with Crippen molar-refractivity contribution in [3.63, 3.8) is 0 Å². The van der Waals surface area contributed by atoms with Crippen LogP contribution in [-0.2, 0) is 5.41 Å². The summed E-state index contributed by atoms with van der Waals surface area (Å²) in [4.78, 5) is 0. The Balaban J connectivity index is 2.13. The Labute approximate surface area is 193 Å². The van der Waals surface area contributed by atoms with Gasteiger partial charge in [0.1, 0.15) is 11.6 Å². The van der Waals surface area contributed by atoms with Crippen molar-refractivity contribution >= 4 is 46.4 Å². The molecule has 0 fully saturated rings. The molecule has 0 aliphatic heterocycles. The van der Waals surface area contributed by atoms with E-state index in [9.17, 15) is 0 Å². The van der Waals surface area contributed by atoms with Crippen LogP contribution >= 0.6 is 46.4 Å². The van der Waals surface area contributed by atoms with Gasteiger partial charge < -0.3 is 0 Å². The lowest BCUT2D eigenvalue weighted by Gasteiger charge is -2.53. The molecule has 2 bridgehead atoms. The van der Waals surface area contributed by atoms with Gasteiger partial charge in [-0.2, -0.15) is 0 Å². The van der Waals surface area contributed by atoms with Gasteiger partial charge in [-0.15, -0.1) is 6.58 Å². The highest BCUT2D eigenvalue weighted by Gasteiger charge is 2.58. The first-order valence-electron chi connectivity index (χ1n) is 9.35. The molecule has 0 spiro atoms. The molecule has 0 aromatic heterocycles. The molecule has 3 aromatic carbocycles. The van der Waals surface area contributed by atoms with Crippen molar-refractivity contribution in [3.8, 4) is 0 Å². The highest BCUT2D eigenvalue weighted by molar-refractivity contribution is 6.52. The number of rotatable bonds is 2. The average Bonchev–Trinajstić information content (AvgIpc) is 2.74. The Kier molecular flexibility index (Phi) is 4.55. The van der Waals surface area contributed by atoms with Gasteiger partial charge in [0.05, 0.1) is 25.5 Å². The fraction of sp³-hybridized carbons (Fsp3) is 0.167. The Morgan fingerprint density at radius 3 is 1.83 bits per heavy atom. The maximum atomic E-state index is 15.5. The quantitative estimate of drug-likeness (QED) is 0.195. The topological polar surface area (TPSA) is 0 Å². The van der Waals surface area contributed by atoms with Crippen molar-refractivity contribution in [2.75, 3.05) is 0 Å². The summed E-state index contributed by atoms with van der Waals surface area (Å²) >= 11 is 26.3. The molecule has 3 aromatic rings. The van der Waals surface area contributed by atoms with Crippen molar-refractivity contribution in [1.29, 1.82) is 0 Å². The molecule has 0 radical (unpaired) electrons. The second-order valence-corrected chi connectivity index (χ2v) is 9.23. The van der Waals surface area contributed by atoms with Crippen LogP contribution in [0.2, 0.25) is 20.1 Å². The Morgan fingerprint density at radius 2 is 1.33 bits per heavy atom. The van der Waals surface area contributed by atoms with Gasteiger partial charge >= 0.3 is 0 Å². The number of hydrogen-bond acceptors (Lipinski definition) is 0. The minimum Gasteiger partial charge on any atom is -0.207 e. The number of allylic oxidation sites excluding steroid dienone is 1. The molecule has 0 nitrogen and oxygen atoms in total. The van der Waals surface area contributed by atoms with Gasteiger partial charge in [-0.25, -0.2) is 8.78 Å². The molecule has 0 N–H and O–H groups in total. The van der Waals surface area contributed by atoms with Crippen molar-refractivity contribution < 1.29 is 8.78 Å². The zero-order valence-electron chi connectivity index (χ0n) is 15.7. The van der Waals surface area contributed by atoms with Gasteiger partial charge in [-0.05, 0) is 40.3 Å². The molecule has 0 saturated heterocycles. The number of benzene rings is 3. The zero-order chi connectivity index (χ0) is 21.5. The summed E-state index contributed by atoms with van der Waals surface area (Å²) < 4.78 is 31.0. The van der Waals surface area contributed by atoms with E-state index in [2.05, 4.69) is 6.58 Å². The van der Waals surface area contributed by atoms with E-state index in [4.69, 9.17) is 46.4 Å². The van der Waals surface area contributed by atoms with Gasteiger partial charge in [-0.3, -0.25) is 0 Å². The Morgan fingerprint density at radius 1 is 0.833 bits per heavy atom. The number of hydrogen-bond donors (Lipinski definition) is 0. The lowest BCUT2D eigenvalue weighted by atomic mass is 9.49. The lowest BCUT2D eigenvalue weighted by molar-refractivity contribution is 0.397. The number of halogens is 6. The minimum atomic E-state index is -1.29. The molecule has 152 valence electrons. The molecule has 0 amide bonds. The van der Waals surface area contributed by atoms with Crippen LogP contribution in [-0.4, -0.2) is 0 Å². The lowest BCUT2D eigenvalue weighted by Crippen LogP contribution is -2.48. The SMILES string of the molecule is C=C[C@@H](C)C12c3c(F)cccc3C(c3cccc(F)c31)c1c(Cl)c(Cl)c(Cl)c(Cl)c12. The van der Waals surface area contributed by atoms with Crippen LogP contribution in [0.15, 0.2) is 49.1 Å². The molecule has 6 heteroatoms. The first-order chi connectivity index (χ1) is 14.3. The molecule has 0 saturated carbocycles. The van der Waals surface area contributed by atoms with E-state index in [1.807, 2.05) is 19.1 Å². The smallest absolute Gasteiger partial charge is 0.127 e. The fourth-order valence-corrected chi connectivity index (χ4v) is 6.54. The summed E-state index contributed by atoms with van der Waals surface area (Å²) in [7, 11) is 0. The van der Waals surface area contributed by atoms with E-state index in [0.29, 0.717) is 33.4 Å². The normalized spacial score (nSPS) is 21.6. The molecule has 0 heterocycles. The van der Waals surface area contributed by atoms with Gasteiger partial charge in [0, 0.05) is 17.0 Å². The minimum absolute atomic E-state index is 0.0704. The second kappa shape index (κ2) is 6.71. The Hall–Kier alpha value is -1.58. The van der Waals surface area contributed by atoms with Gasteiger partial charge in [0.25, 0.3) is 0 Å². The molecule has 30 heavy (non-hydrogen) atoms. The maximum absolute atomic E-state index is 15.5. The predicted octanol–water partition coefficient (Wildman–Crippen LogP) is 8.54. The maximum Gasteiger partial charge on any atom is 0.127 e. The van der Waals surface area contributed by atoms with Crippen LogP contribution in [0.4, 0.5) is 8.78 Å². The van der Waals surface area contributed by atoms with Crippen molar-refractivity contribution in [2.45, 2.75) is 18.3 Å². The fourth-order valence-electron chi connectivity index (χ4n) is 5.41. The van der Waals surface area contributed by atoms with Crippen molar-refractivity contribution in [1.82, 2.24) is 0 Å². The van der Waals surface area contributed by atoms with Crippen LogP contribution in [0, 0.1) is 17.6 Å². The molecule has 3 aliphatic rings. The standard InChI is InChI=1S/C24H14Cl4F2/c1-3-10(2)24-17-11(6-4-8-13(17)29)15(12-7-5-9-14(30)18(12)24)16-19(24)21(26)23(28)22(27)20(16)25/h3-10,15H,1H2,2H3/t10-,15?,24?/m1/s1. The van der Waals surface area contributed by atoms with Gasteiger partial charge in [0.2, 0.25) is 0 Å². The van der Waals surface area contributed by atoms with Crippen LogP contribution < -0.4 is 0 Å². The van der Waals surface area contributed by atoms with Crippen molar-refractivity contribution in [2.24, 2.45) is 5.92 Å². The van der Waals surface area contributed by atoms with Crippen LogP contribution in [0.25, 0.3) is 0 Å². The van der Waals surface area contributed by atoms with Crippen LogP contribution in [0.1, 0.15) is 46.2 Å². The monoisotopic (exact) mass is 480 g/mol. The summed E-state index contributed by atoms with van der Waals surface area (Å²) in [6, 6.07) is 9.74. The Bertz CT molecular complexity index is 1210. The second-order valence-electron chi connectivity index (χ2n) is 7.72.